The molecule has 1 rings (SSSR count). The fraction of sp³-hybridized carbons (Fsp3) is 0.733. The van der Waals surface area contributed by atoms with Gasteiger partial charge < -0.3 is 34.1 Å². The van der Waals surface area contributed by atoms with E-state index in [-0.39, 0.29) is 0 Å². The number of ether oxygens (including phenoxy) is 5. The molecule has 11 nitrogen and oxygen atoms in total. The first-order valence-corrected chi connectivity index (χ1v) is 9.25. The van der Waals surface area contributed by atoms with Gasteiger partial charge in [-0.25, -0.2) is 4.79 Å². The summed E-state index contributed by atoms with van der Waals surface area (Å²) in [5, 5.41) is 12.5. The number of hydrogen-bond acceptors (Lipinski definition) is 10. The van der Waals surface area contributed by atoms with Gasteiger partial charge in [-0.1, -0.05) is 34.8 Å². The van der Waals surface area contributed by atoms with Gasteiger partial charge >= 0.3 is 24.0 Å². The first-order valence-electron chi connectivity index (χ1n) is 8.11. The summed E-state index contributed by atoms with van der Waals surface area (Å²) >= 11 is 16.5. The number of halogens is 3. The van der Waals surface area contributed by atoms with Gasteiger partial charge in [0, 0.05) is 20.8 Å². The van der Waals surface area contributed by atoms with Crippen LogP contribution in [0.1, 0.15) is 20.8 Å². The Hall–Kier alpha value is -1.53. The molecule has 0 bridgehead atoms. The van der Waals surface area contributed by atoms with E-state index in [1.807, 2.05) is 0 Å². The molecule has 2 N–H and O–H groups in total. The minimum absolute atomic E-state index is 0.424. The lowest BCUT2D eigenvalue weighted by Crippen LogP contribution is -2.66. The standard InChI is InChI=1S/C15H20Cl3NO10/c1-6(20)25-4-9-11(27-7(2)21)12(28-8(3)22)10(13(23)29-9)19-14(24)26-5-15(16,17)18/h9-13,23H,4-5H2,1-3H3,(H,19,24)/t9?,10-,11+,12-,13?/m1/s1. The van der Waals surface area contributed by atoms with Crippen LogP contribution in [0.15, 0.2) is 0 Å². The van der Waals surface area contributed by atoms with E-state index in [0.717, 1.165) is 20.8 Å². The van der Waals surface area contributed by atoms with Crippen LogP contribution in [-0.2, 0) is 38.1 Å². The third-order valence-corrected chi connectivity index (χ3v) is 3.70. The predicted molar refractivity (Wildman–Crippen MR) is 97.2 cm³/mol. The highest BCUT2D eigenvalue weighted by atomic mass is 35.6. The summed E-state index contributed by atoms with van der Waals surface area (Å²) in [4.78, 5) is 46.1. The number of esters is 3. The molecule has 0 aromatic rings. The van der Waals surface area contributed by atoms with Crippen LogP contribution in [0.4, 0.5) is 4.79 Å². The number of hydrogen-bond donors (Lipinski definition) is 2. The van der Waals surface area contributed by atoms with E-state index in [9.17, 15) is 24.3 Å². The fourth-order valence-corrected chi connectivity index (χ4v) is 2.56. The van der Waals surface area contributed by atoms with E-state index in [1.54, 1.807) is 0 Å². The average Bonchev–Trinajstić information content (AvgIpc) is 2.55. The highest BCUT2D eigenvalue weighted by molar-refractivity contribution is 6.67. The predicted octanol–water partition coefficient (Wildman–Crippen LogP) is 0.595. The minimum Gasteiger partial charge on any atom is -0.463 e. The Morgan fingerprint density at radius 1 is 0.966 bits per heavy atom. The zero-order chi connectivity index (χ0) is 22.4. The van der Waals surface area contributed by atoms with Crippen molar-refractivity contribution in [3.05, 3.63) is 0 Å². The zero-order valence-corrected chi connectivity index (χ0v) is 17.8. The number of alkyl halides is 3. The normalized spacial score (nSPS) is 26.8. The topological polar surface area (TPSA) is 147 Å². The van der Waals surface area contributed by atoms with Crippen molar-refractivity contribution in [1.82, 2.24) is 5.32 Å². The van der Waals surface area contributed by atoms with Gasteiger partial charge in [0.15, 0.2) is 18.5 Å². The van der Waals surface area contributed by atoms with Crippen LogP contribution >= 0.6 is 34.8 Å². The first-order chi connectivity index (χ1) is 13.3. The van der Waals surface area contributed by atoms with Crippen LogP contribution in [0, 0.1) is 0 Å². The molecule has 0 aromatic heterocycles. The molecule has 0 aliphatic carbocycles. The summed E-state index contributed by atoms with van der Waals surface area (Å²) in [5.41, 5.74) is 0. The molecule has 14 heteroatoms. The fourth-order valence-electron chi connectivity index (χ4n) is 2.40. The summed E-state index contributed by atoms with van der Waals surface area (Å²) in [6.45, 7) is 2.23. The lowest BCUT2D eigenvalue weighted by atomic mass is 9.96. The molecule has 0 spiro atoms. The summed E-state index contributed by atoms with van der Waals surface area (Å²) in [6.07, 6.45) is -6.84. The number of aliphatic hydroxyl groups excluding tert-OH is 1. The Bertz CT molecular complexity index is 626. The Kier molecular flexibility index (Phi) is 9.69. The highest BCUT2D eigenvalue weighted by Gasteiger charge is 2.50. The Morgan fingerprint density at radius 3 is 2.00 bits per heavy atom. The molecule has 1 amide bonds. The molecule has 1 aliphatic rings. The Morgan fingerprint density at radius 2 is 1.52 bits per heavy atom. The maximum atomic E-state index is 12.0. The van der Waals surface area contributed by atoms with E-state index in [0.29, 0.717) is 0 Å². The van der Waals surface area contributed by atoms with Crippen LogP contribution < -0.4 is 5.32 Å². The minimum atomic E-state index is -1.89. The third-order valence-electron chi connectivity index (χ3n) is 3.37. The number of carbonyl (C=O) groups is 4. The number of aliphatic hydroxyl groups is 1. The van der Waals surface area contributed by atoms with E-state index < -0.39 is 71.7 Å². The molecule has 1 aliphatic heterocycles. The molecule has 0 saturated carbocycles. The van der Waals surface area contributed by atoms with Crippen molar-refractivity contribution in [2.45, 2.75) is 55.2 Å². The van der Waals surface area contributed by atoms with Crippen LogP contribution in [-0.4, -0.2) is 76.8 Å². The zero-order valence-electron chi connectivity index (χ0n) is 15.6. The highest BCUT2D eigenvalue weighted by Crippen LogP contribution is 2.27. The number of amides is 1. The molecular weight excluding hydrogens is 461 g/mol. The molecule has 2 unspecified atom stereocenters. The van der Waals surface area contributed by atoms with Crippen molar-refractivity contribution in [2.24, 2.45) is 0 Å². The maximum absolute atomic E-state index is 12.0. The second-order valence-corrected chi connectivity index (χ2v) is 8.39. The Balaban J connectivity index is 3.06. The van der Waals surface area contributed by atoms with Gasteiger partial charge in [-0.2, -0.15) is 0 Å². The number of alkyl carbamates (subject to hydrolysis) is 1. The molecule has 1 saturated heterocycles. The molecule has 1 heterocycles. The van der Waals surface area contributed by atoms with E-state index in [1.165, 1.54) is 0 Å². The first kappa shape index (κ1) is 25.5. The van der Waals surface area contributed by atoms with Crippen LogP contribution in [0.3, 0.4) is 0 Å². The van der Waals surface area contributed by atoms with Crippen LogP contribution in [0.2, 0.25) is 0 Å². The van der Waals surface area contributed by atoms with Gasteiger partial charge in [0.2, 0.25) is 3.79 Å². The lowest BCUT2D eigenvalue weighted by molar-refractivity contribution is -0.264. The second kappa shape index (κ2) is 11.0. The van der Waals surface area contributed by atoms with Crippen LogP contribution in [0.25, 0.3) is 0 Å². The maximum Gasteiger partial charge on any atom is 0.407 e. The molecule has 1 fully saturated rings. The number of rotatable bonds is 6. The molecule has 5 atom stereocenters. The van der Waals surface area contributed by atoms with Gasteiger partial charge in [-0.15, -0.1) is 0 Å². The van der Waals surface area contributed by atoms with E-state index in [2.05, 4.69) is 5.32 Å². The summed E-state index contributed by atoms with van der Waals surface area (Å²) in [7, 11) is 0. The van der Waals surface area contributed by atoms with E-state index in [4.69, 9.17) is 58.5 Å². The van der Waals surface area contributed by atoms with Gasteiger partial charge in [0.05, 0.1) is 0 Å². The van der Waals surface area contributed by atoms with Gasteiger partial charge in [0.25, 0.3) is 0 Å². The van der Waals surface area contributed by atoms with Crippen LogP contribution in [0.5, 0.6) is 0 Å². The molecule has 29 heavy (non-hydrogen) atoms. The number of nitrogens with one attached hydrogen (secondary N) is 1. The van der Waals surface area contributed by atoms with Crippen molar-refractivity contribution in [1.29, 1.82) is 0 Å². The van der Waals surface area contributed by atoms with Crippen molar-refractivity contribution >= 4 is 58.8 Å². The monoisotopic (exact) mass is 479 g/mol. The van der Waals surface area contributed by atoms with Crippen molar-refractivity contribution in [2.75, 3.05) is 13.2 Å². The SMILES string of the molecule is CC(=O)OCC1OC(O)[C@H](NC(=O)OCC(Cl)(Cl)Cl)[C@@H](OC(C)=O)[C@H]1OC(C)=O. The lowest BCUT2D eigenvalue weighted by Gasteiger charge is -2.43. The van der Waals surface area contributed by atoms with Crippen molar-refractivity contribution in [3.8, 4) is 0 Å². The molecule has 0 aromatic carbocycles. The largest absolute Gasteiger partial charge is 0.463 e. The third kappa shape index (κ3) is 9.22. The molecule has 166 valence electrons. The summed E-state index contributed by atoms with van der Waals surface area (Å²) < 4.78 is 23.2. The van der Waals surface area contributed by atoms with Gasteiger partial charge in [0.1, 0.15) is 25.4 Å². The number of carbonyl (C=O) groups excluding carboxylic acids is 4. The Labute approximate surface area is 180 Å². The molecule has 0 radical (unpaired) electrons. The van der Waals surface area contributed by atoms with E-state index >= 15 is 0 Å². The van der Waals surface area contributed by atoms with Gasteiger partial charge in [-0.05, 0) is 0 Å². The second-order valence-electron chi connectivity index (χ2n) is 5.88. The smallest absolute Gasteiger partial charge is 0.407 e. The quantitative estimate of drug-likeness (QED) is 0.314. The summed E-state index contributed by atoms with van der Waals surface area (Å²) in [5.74, 6) is -2.25. The average molecular weight is 481 g/mol. The van der Waals surface area contributed by atoms with Crippen molar-refractivity contribution in [3.63, 3.8) is 0 Å². The summed E-state index contributed by atoms with van der Waals surface area (Å²) in [6, 6.07) is -1.43. The van der Waals surface area contributed by atoms with Gasteiger partial charge in [-0.3, -0.25) is 14.4 Å². The molecular formula is C15H20Cl3NO10. The van der Waals surface area contributed by atoms with Crippen molar-refractivity contribution < 1.29 is 48.0 Å².